The van der Waals surface area contributed by atoms with Crippen LogP contribution >= 0.6 is 23.2 Å². The Morgan fingerprint density at radius 3 is 2.31 bits per heavy atom. The number of carbonyl (C=O) groups is 1. The molecule has 0 unspecified atom stereocenters. The number of hydrogen-bond acceptors (Lipinski definition) is 1. The van der Waals surface area contributed by atoms with E-state index in [0.717, 1.165) is 12.8 Å². The SMILES string of the molecule is CCCCCCCC(=O)CC(Cl)Cl. The third kappa shape index (κ3) is 10.2. The zero-order valence-electron chi connectivity index (χ0n) is 8.19. The van der Waals surface area contributed by atoms with Crippen LogP contribution in [0, 0.1) is 0 Å². The molecule has 0 saturated heterocycles. The van der Waals surface area contributed by atoms with Gasteiger partial charge in [-0.05, 0) is 6.42 Å². The smallest absolute Gasteiger partial charge is 0.135 e. The Kier molecular flexibility index (Phi) is 9.00. The largest absolute Gasteiger partial charge is 0.300 e. The predicted octanol–water partition coefficient (Wildman–Crippen LogP) is 4.11. The van der Waals surface area contributed by atoms with Gasteiger partial charge in [0, 0.05) is 12.8 Å². The Morgan fingerprint density at radius 2 is 1.77 bits per heavy atom. The summed E-state index contributed by atoms with van der Waals surface area (Å²) in [6, 6.07) is 0. The third-order valence-corrected chi connectivity index (χ3v) is 2.25. The molecule has 0 aromatic rings. The molecule has 0 aromatic heterocycles. The summed E-state index contributed by atoms with van der Waals surface area (Å²) in [6.45, 7) is 2.18. The van der Waals surface area contributed by atoms with Gasteiger partial charge >= 0.3 is 0 Å². The minimum Gasteiger partial charge on any atom is -0.300 e. The fourth-order valence-electron chi connectivity index (χ4n) is 1.20. The molecule has 78 valence electrons. The molecular weight excluding hydrogens is 207 g/mol. The van der Waals surface area contributed by atoms with Crippen molar-refractivity contribution in [1.29, 1.82) is 0 Å². The first-order valence-electron chi connectivity index (χ1n) is 4.96. The van der Waals surface area contributed by atoms with Crippen molar-refractivity contribution in [2.45, 2.75) is 56.7 Å². The average Bonchev–Trinajstić information content (AvgIpc) is 2.02. The first-order chi connectivity index (χ1) is 6.16. The molecule has 0 saturated carbocycles. The first kappa shape index (κ1) is 13.2. The third-order valence-electron chi connectivity index (χ3n) is 1.94. The van der Waals surface area contributed by atoms with Crippen molar-refractivity contribution in [1.82, 2.24) is 0 Å². The van der Waals surface area contributed by atoms with E-state index in [2.05, 4.69) is 6.92 Å². The van der Waals surface area contributed by atoms with Crippen LogP contribution in [0.15, 0.2) is 0 Å². The van der Waals surface area contributed by atoms with Crippen molar-refractivity contribution in [2.75, 3.05) is 0 Å². The van der Waals surface area contributed by atoms with Crippen LogP contribution in [0.3, 0.4) is 0 Å². The summed E-state index contributed by atoms with van der Waals surface area (Å²) in [4.78, 5) is 10.6. The van der Waals surface area contributed by atoms with E-state index in [9.17, 15) is 4.79 Å². The van der Waals surface area contributed by atoms with Crippen LogP contribution < -0.4 is 0 Å². The quantitative estimate of drug-likeness (QED) is 0.448. The molecule has 1 nitrogen and oxygen atoms in total. The van der Waals surface area contributed by atoms with E-state index in [1.807, 2.05) is 0 Å². The highest BCUT2D eigenvalue weighted by Gasteiger charge is 2.06. The van der Waals surface area contributed by atoms with Crippen LogP contribution in [-0.4, -0.2) is 10.6 Å². The van der Waals surface area contributed by atoms with Crippen molar-refractivity contribution in [3.05, 3.63) is 0 Å². The maximum atomic E-state index is 11.1. The Balaban J connectivity index is 3.17. The summed E-state index contributed by atoms with van der Waals surface area (Å²) in [7, 11) is 0. The van der Waals surface area contributed by atoms with Crippen LogP contribution in [0.25, 0.3) is 0 Å². The number of halogens is 2. The van der Waals surface area contributed by atoms with Gasteiger partial charge in [0.15, 0.2) is 0 Å². The van der Waals surface area contributed by atoms with Gasteiger partial charge in [0.1, 0.15) is 10.6 Å². The van der Waals surface area contributed by atoms with Crippen LogP contribution in [0.5, 0.6) is 0 Å². The van der Waals surface area contributed by atoms with E-state index in [-0.39, 0.29) is 5.78 Å². The van der Waals surface area contributed by atoms with Gasteiger partial charge in [0.05, 0.1) is 0 Å². The molecule has 0 spiro atoms. The van der Waals surface area contributed by atoms with Crippen LogP contribution in [-0.2, 0) is 4.79 Å². The predicted molar refractivity (Wildman–Crippen MR) is 58.5 cm³/mol. The van der Waals surface area contributed by atoms with Crippen molar-refractivity contribution >= 4 is 29.0 Å². The lowest BCUT2D eigenvalue weighted by Crippen LogP contribution is -2.02. The van der Waals surface area contributed by atoms with Gasteiger partial charge in [-0.3, -0.25) is 4.79 Å². The monoisotopic (exact) mass is 224 g/mol. The topological polar surface area (TPSA) is 17.1 Å². The van der Waals surface area contributed by atoms with Gasteiger partial charge in [0.2, 0.25) is 0 Å². The molecule has 0 fully saturated rings. The number of rotatable bonds is 8. The summed E-state index contributed by atoms with van der Waals surface area (Å²) in [5.41, 5.74) is 0. The standard InChI is InChI=1S/C10H18Cl2O/c1-2-3-4-5-6-7-9(13)8-10(11)12/h10H,2-8H2,1H3. The molecule has 3 heteroatoms. The second-order valence-corrected chi connectivity index (χ2v) is 4.58. The Hall–Kier alpha value is 0.250. The molecule has 0 radical (unpaired) electrons. The minimum atomic E-state index is -0.525. The lowest BCUT2D eigenvalue weighted by Gasteiger charge is -2.01. The molecule has 0 aliphatic heterocycles. The number of unbranched alkanes of at least 4 members (excludes halogenated alkanes) is 4. The van der Waals surface area contributed by atoms with Gasteiger partial charge in [-0.2, -0.15) is 0 Å². The van der Waals surface area contributed by atoms with Gasteiger partial charge in [-0.1, -0.05) is 32.6 Å². The molecule has 0 amide bonds. The van der Waals surface area contributed by atoms with E-state index in [1.54, 1.807) is 0 Å². The fourth-order valence-corrected chi connectivity index (χ4v) is 1.54. The average molecular weight is 225 g/mol. The summed E-state index contributed by atoms with van der Waals surface area (Å²) in [6.07, 6.45) is 6.81. The Morgan fingerprint density at radius 1 is 1.15 bits per heavy atom. The minimum absolute atomic E-state index is 0.187. The second-order valence-electron chi connectivity index (χ2n) is 3.30. The van der Waals surface area contributed by atoms with Gasteiger partial charge < -0.3 is 0 Å². The normalized spacial score (nSPS) is 10.8. The molecule has 0 atom stereocenters. The van der Waals surface area contributed by atoms with E-state index in [0.29, 0.717) is 12.8 Å². The van der Waals surface area contributed by atoms with E-state index >= 15 is 0 Å². The van der Waals surface area contributed by atoms with E-state index < -0.39 is 4.84 Å². The van der Waals surface area contributed by atoms with Crippen LogP contribution in [0.4, 0.5) is 0 Å². The number of Topliss-reactive ketones (excluding diaryl/α,β-unsaturated/α-hetero) is 1. The molecule has 0 N–H and O–H groups in total. The van der Waals surface area contributed by atoms with Crippen molar-refractivity contribution in [3.63, 3.8) is 0 Å². The maximum Gasteiger partial charge on any atom is 0.135 e. The fraction of sp³-hybridized carbons (Fsp3) is 0.900. The summed E-state index contributed by atoms with van der Waals surface area (Å²) in [5, 5.41) is 0. The zero-order chi connectivity index (χ0) is 10.1. The van der Waals surface area contributed by atoms with Gasteiger partial charge in [-0.15, -0.1) is 23.2 Å². The maximum absolute atomic E-state index is 11.1. The van der Waals surface area contributed by atoms with Crippen LogP contribution in [0.1, 0.15) is 51.9 Å². The lowest BCUT2D eigenvalue weighted by atomic mass is 10.1. The highest BCUT2D eigenvalue weighted by atomic mass is 35.5. The number of alkyl halides is 2. The van der Waals surface area contributed by atoms with Gasteiger partial charge in [-0.25, -0.2) is 0 Å². The Labute approximate surface area is 90.8 Å². The zero-order valence-corrected chi connectivity index (χ0v) is 9.70. The summed E-state index contributed by atoms with van der Waals surface area (Å²) in [5.74, 6) is 0.187. The van der Waals surface area contributed by atoms with Gasteiger partial charge in [0.25, 0.3) is 0 Å². The van der Waals surface area contributed by atoms with Crippen molar-refractivity contribution in [3.8, 4) is 0 Å². The molecule has 0 rings (SSSR count). The highest BCUT2D eigenvalue weighted by Crippen LogP contribution is 2.11. The van der Waals surface area contributed by atoms with Crippen molar-refractivity contribution in [2.24, 2.45) is 0 Å². The molecule has 0 aromatic carbocycles. The van der Waals surface area contributed by atoms with E-state index in [4.69, 9.17) is 23.2 Å². The Bertz CT molecular complexity index is 135. The number of hydrogen-bond donors (Lipinski definition) is 0. The first-order valence-corrected chi connectivity index (χ1v) is 5.84. The second kappa shape index (κ2) is 8.83. The number of ketones is 1. The van der Waals surface area contributed by atoms with E-state index in [1.165, 1.54) is 19.3 Å². The summed E-state index contributed by atoms with van der Waals surface area (Å²) < 4.78 is 0. The molecule has 0 aliphatic rings. The summed E-state index contributed by atoms with van der Waals surface area (Å²) >= 11 is 11.0. The lowest BCUT2D eigenvalue weighted by molar-refractivity contribution is -0.118. The molecule has 13 heavy (non-hydrogen) atoms. The number of carbonyl (C=O) groups excluding carboxylic acids is 1. The molecule has 0 aliphatic carbocycles. The van der Waals surface area contributed by atoms with Crippen molar-refractivity contribution < 1.29 is 4.79 Å². The molecule has 0 heterocycles. The molecular formula is C10H18Cl2O. The highest BCUT2D eigenvalue weighted by molar-refractivity contribution is 6.45. The molecule has 0 bridgehead atoms. The van der Waals surface area contributed by atoms with Crippen LogP contribution in [0.2, 0.25) is 0 Å².